The molecular formula is C23H28N6O2. The molecule has 4 rings (SSSR count). The first-order chi connectivity index (χ1) is 15.1. The Balaban J connectivity index is 1.24. The van der Waals surface area contributed by atoms with Crippen LogP contribution in [0.1, 0.15) is 13.3 Å². The Kier molecular flexibility index (Phi) is 6.57. The van der Waals surface area contributed by atoms with Crippen LogP contribution < -0.4 is 15.6 Å². The lowest BCUT2D eigenvalue weighted by Gasteiger charge is -2.36. The smallest absolute Gasteiger partial charge is 0.222 e. The number of anilines is 1. The normalized spacial score (nSPS) is 15.7. The number of carbonyl (C=O) groups excluding carboxylic acids is 1. The highest BCUT2D eigenvalue weighted by molar-refractivity contribution is 5.79. The van der Waals surface area contributed by atoms with E-state index in [0.29, 0.717) is 18.4 Å². The third kappa shape index (κ3) is 5.27. The minimum Gasteiger partial charge on any atom is -0.354 e. The van der Waals surface area contributed by atoms with E-state index < -0.39 is 0 Å². The highest BCUT2D eigenvalue weighted by Gasteiger charge is 2.20. The van der Waals surface area contributed by atoms with Crippen LogP contribution in [0.2, 0.25) is 0 Å². The SMILES string of the molecule is CC(CN1CCN(c2ccccn2)CC1)NC(=O)CCn1ncc(=O)c2ccccc21. The molecule has 1 N–H and O–H groups in total. The van der Waals surface area contributed by atoms with E-state index in [1.165, 1.54) is 6.20 Å². The number of fused-ring (bicyclic) bond motifs is 1. The number of piperazine rings is 1. The molecule has 0 radical (unpaired) electrons. The quantitative estimate of drug-likeness (QED) is 0.624. The van der Waals surface area contributed by atoms with Crippen molar-refractivity contribution in [2.75, 3.05) is 37.6 Å². The summed E-state index contributed by atoms with van der Waals surface area (Å²) >= 11 is 0. The standard InChI is InChI=1S/C23H28N6O2/c1-18(17-27-12-14-28(15-13-27)22-8-4-5-10-24-22)26-23(31)9-11-29-20-7-3-2-6-19(20)21(30)16-25-29/h2-8,10,16,18H,9,11-15,17H2,1H3,(H,26,31). The fraction of sp³-hybridized carbons (Fsp3) is 0.391. The van der Waals surface area contributed by atoms with Crippen molar-refractivity contribution in [3.8, 4) is 0 Å². The van der Waals surface area contributed by atoms with Gasteiger partial charge in [0.05, 0.1) is 18.3 Å². The molecule has 1 aromatic carbocycles. The summed E-state index contributed by atoms with van der Waals surface area (Å²) in [5.74, 6) is 1.01. The maximum Gasteiger partial charge on any atom is 0.222 e. The largest absolute Gasteiger partial charge is 0.354 e. The summed E-state index contributed by atoms with van der Waals surface area (Å²) in [4.78, 5) is 33.5. The molecule has 8 heteroatoms. The summed E-state index contributed by atoms with van der Waals surface area (Å²) in [6.45, 7) is 7.05. The molecule has 1 fully saturated rings. The van der Waals surface area contributed by atoms with Crippen molar-refractivity contribution in [1.82, 2.24) is 25.0 Å². The second-order valence-corrected chi connectivity index (χ2v) is 7.94. The van der Waals surface area contributed by atoms with E-state index in [0.717, 1.165) is 44.1 Å². The summed E-state index contributed by atoms with van der Waals surface area (Å²) in [5, 5.41) is 7.90. The zero-order valence-electron chi connectivity index (χ0n) is 17.8. The molecule has 3 aromatic rings. The molecule has 3 heterocycles. The Morgan fingerprint density at radius 3 is 2.65 bits per heavy atom. The van der Waals surface area contributed by atoms with Crippen molar-refractivity contribution in [1.29, 1.82) is 0 Å². The van der Waals surface area contributed by atoms with Gasteiger partial charge in [-0.3, -0.25) is 19.2 Å². The number of carbonyl (C=O) groups is 1. The zero-order valence-corrected chi connectivity index (χ0v) is 17.8. The highest BCUT2D eigenvalue weighted by atomic mass is 16.1. The molecule has 1 unspecified atom stereocenters. The first-order valence-corrected chi connectivity index (χ1v) is 10.7. The van der Waals surface area contributed by atoms with E-state index in [2.05, 4.69) is 25.2 Å². The van der Waals surface area contributed by atoms with Gasteiger partial charge in [-0.2, -0.15) is 5.10 Å². The molecule has 0 aliphatic carbocycles. The Labute approximate surface area is 181 Å². The number of aryl methyl sites for hydroxylation is 1. The minimum atomic E-state index is -0.104. The van der Waals surface area contributed by atoms with Crippen LogP contribution in [0, 0.1) is 0 Å². The number of hydrogen-bond donors (Lipinski definition) is 1. The van der Waals surface area contributed by atoms with Gasteiger partial charge in [0.15, 0.2) is 0 Å². The molecule has 2 aromatic heterocycles. The average molecular weight is 421 g/mol. The molecule has 0 spiro atoms. The second-order valence-electron chi connectivity index (χ2n) is 7.94. The van der Waals surface area contributed by atoms with Gasteiger partial charge in [-0.1, -0.05) is 18.2 Å². The van der Waals surface area contributed by atoms with E-state index in [1.807, 2.05) is 49.5 Å². The number of hydrogen-bond acceptors (Lipinski definition) is 6. The Bertz CT molecular complexity index is 1080. The first-order valence-electron chi connectivity index (χ1n) is 10.7. The molecule has 1 amide bonds. The number of nitrogens with one attached hydrogen (secondary N) is 1. The van der Waals surface area contributed by atoms with Crippen LogP contribution >= 0.6 is 0 Å². The maximum atomic E-state index is 12.5. The molecule has 0 saturated carbocycles. The van der Waals surface area contributed by atoms with Gasteiger partial charge < -0.3 is 10.2 Å². The number of amides is 1. The van der Waals surface area contributed by atoms with Crippen LogP contribution in [-0.4, -0.2) is 64.3 Å². The average Bonchev–Trinajstić information content (AvgIpc) is 2.80. The molecule has 1 aliphatic rings. The van der Waals surface area contributed by atoms with E-state index >= 15 is 0 Å². The molecule has 8 nitrogen and oxygen atoms in total. The summed E-state index contributed by atoms with van der Waals surface area (Å²) in [7, 11) is 0. The molecule has 162 valence electrons. The van der Waals surface area contributed by atoms with Gasteiger partial charge in [-0.15, -0.1) is 0 Å². The molecule has 31 heavy (non-hydrogen) atoms. The van der Waals surface area contributed by atoms with E-state index in [-0.39, 0.29) is 17.4 Å². The van der Waals surface area contributed by atoms with E-state index in [9.17, 15) is 9.59 Å². The summed E-state index contributed by atoms with van der Waals surface area (Å²) < 4.78 is 1.72. The Morgan fingerprint density at radius 2 is 1.87 bits per heavy atom. The van der Waals surface area contributed by atoms with Crippen LogP contribution in [0.25, 0.3) is 10.9 Å². The second kappa shape index (κ2) is 9.70. The predicted octanol–water partition coefficient (Wildman–Crippen LogP) is 1.51. The topological polar surface area (TPSA) is 83.4 Å². The number of pyridine rings is 1. The maximum absolute atomic E-state index is 12.5. The zero-order chi connectivity index (χ0) is 21.6. The van der Waals surface area contributed by atoms with E-state index in [1.54, 1.807) is 10.7 Å². The molecule has 1 saturated heterocycles. The fourth-order valence-corrected chi connectivity index (χ4v) is 4.03. The summed E-state index contributed by atoms with van der Waals surface area (Å²) in [6, 6.07) is 13.4. The van der Waals surface area contributed by atoms with Crippen LogP contribution in [-0.2, 0) is 11.3 Å². The Morgan fingerprint density at radius 1 is 1.10 bits per heavy atom. The van der Waals surface area contributed by atoms with Gasteiger partial charge in [-0.25, -0.2) is 4.98 Å². The predicted molar refractivity (Wildman–Crippen MR) is 121 cm³/mol. The third-order valence-electron chi connectivity index (χ3n) is 5.60. The van der Waals surface area contributed by atoms with Crippen molar-refractivity contribution in [3.63, 3.8) is 0 Å². The van der Waals surface area contributed by atoms with Crippen molar-refractivity contribution in [3.05, 3.63) is 65.1 Å². The summed E-state index contributed by atoms with van der Waals surface area (Å²) in [6.07, 6.45) is 3.45. The van der Waals surface area contributed by atoms with Crippen molar-refractivity contribution < 1.29 is 4.79 Å². The van der Waals surface area contributed by atoms with Gasteiger partial charge in [-0.05, 0) is 31.2 Å². The number of rotatable bonds is 7. The van der Waals surface area contributed by atoms with Crippen molar-refractivity contribution >= 4 is 22.6 Å². The lowest BCUT2D eigenvalue weighted by molar-refractivity contribution is -0.122. The van der Waals surface area contributed by atoms with Gasteiger partial charge in [0.1, 0.15) is 5.82 Å². The van der Waals surface area contributed by atoms with Gasteiger partial charge in [0.2, 0.25) is 11.3 Å². The number of aromatic nitrogens is 3. The monoisotopic (exact) mass is 420 g/mol. The van der Waals surface area contributed by atoms with Gasteiger partial charge >= 0.3 is 0 Å². The lowest BCUT2D eigenvalue weighted by atomic mass is 10.2. The van der Waals surface area contributed by atoms with Crippen LogP contribution in [0.4, 0.5) is 5.82 Å². The van der Waals surface area contributed by atoms with Gasteiger partial charge in [0.25, 0.3) is 0 Å². The van der Waals surface area contributed by atoms with Crippen LogP contribution in [0.3, 0.4) is 0 Å². The molecule has 1 aliphatic heterocycles. The first kappa shape index (κ1) is 21.0. The van der Waals surface area contributed by atoms with Crippen LogP contribution in [0.15, 0.2) is 59.7 Å². The van der Waals surface area contributed by atoms with Crippen LogP contribution in [0.5, 0.6) is 0 Å². The van der Waals surface area contributed by atoms with Gasteiger partial charge in [0, 0.05) is 56.8 Å². The van der Waals surface area contributed by atoms with Crippen molar-refractivity contribution in [2.45, 2.75) is 25.9 Å². The molecule has 0 bridgehead atoms. The summed E-state index contributed by atoms with van der Waals surface area (Å²) in [5.41, 5.74) is 0.648. The molecule has 1 atom stereocenters. The molecular weight excluding hydrogens is 392 g/mol. The lowest BCUT2D eigenvalue weighted by Crippen LogP contribution is -2.51. The Hall–Kier alpha value is -3.26. The number of para-hydroxylation sites is 1. The number of nitrogens with zero attached hydrogens (tertiary/aromatic N) is 5. The third-order valence-corrected chi connectivity index (χ3v) is 5.60. The highest BCUT2D eigenvalue weighted by Crippen LogP contribution is 2.13. The minimum absolute atomic E-state index is 0.01000. The van der Waals surface area contributed by atoms with Crippen molar-refractivity contribution in [2.24, 2.45) is 0 Å². The van der Waals surface area contributed by atoms with E-state index in [4.69, 9.17) is 0 Å². The fourth-order valence-electron chi connectivity index (χ4n) is 4.03. The number of benzene rings is 1.